The molecule has 2 amide bonds. The van der Waals surface area contributed by atoms with Crippen LogP contribution >= 0.6 is 11.6 Å². The van der Waals surface area contributed by atoms with E-state index in [-0.39, 0.29) is 23.2 Å². The zero-order chi connectivity index (χ0) is 22.2. The Bertz CT molecular complexity index is 1380. The molecule has 0 unspecified atom stereocenters. The largest absolute Gasteiger partial charge is 0.322 e. The molecule has 2 aromatic heterocycles. The van der Waals surface area contributed by atoms with Gasteiger partial charge in [0.25, 0.3) is 5.56 Å². The van der Waals surface area contributed by atoms with Crippen LogP contribution in [0.2, 0.25) is 5.02 Å². The second-order valence-corrected chi connectivity index (χ2v) is 8.04. The fourth-order valence-corrected chi connectivity index (χ4v) is 4.20. The van der Waals surface area contributed by atoms with Gasteiger partial charge in [0, 0.05) is 23.9 Å². The minimum atomic E-state index is -0.551. The first-order valence-electron chi connectivity index (χ1n) is 10.1. The van der Waals surface area contributed by atoms with Gasteiger partial charge < -0.3 is 10.2 Å². The smallest absolute Gasteiger partial charge is 0.318 e. The number of carbonyl (C=O) groups is 1. The van der Waals surface area contributed by atoms with Crippen molar-refractivity contribution in [2.24, 2.45) is 0 Å². The Kier molecular flexibility index (Phi) is 5.14. The molecule has 0 atom stereocenters. The number of nitrogens with one attached hydrogen (secondary N) is 1. The van der Waals surface area contributed by atoms with E-state index in [4.69, 9.17) is 11.6 Å². The summed E-state index contributed by atoms with van der Waals surface area (Å²) in [6, 6.07) is 15.2. The number of aromatic nitrogens is 3. The molecule has 7 nitrogen and oxygen atoms in total. The third kappa shape index (κ3) is 3.62. The molecular formula is C23H19ClFN5O2. The minimum absolute atomic E-state index is 0.0657. The number of halogens is 2. The first-order chi connectivity index (χ1) is 15.5. The van der Waals surface area contributed by atoms with Crippen molar-refractivity contribution in [3.63, 3.8) is 0 Å². The van der Waals surface area contributed by atoms with Crippen LogP contribution in [0.3, 0.4) is 0 Å². The van der Waals surface area contributed by atoms with Gasteiger partial charge in [-0.15, -0.1) is 0 Å². The molecule has 0 saturated heterocycles. The Morgan fingerprint density at radius 2 is 1.97 bits per heavy atom. The number of hydrogen-bond donors (Lipinski definition) is 1. The van der Waals surface area contributed by atoms with E-state index in [0.29, 0.717) is 42.1 Å². The molecule has 1 aliphatic rings. The van der Waals surface area contributed by atoms with Crippen molar-refractivity contribution in [2.45, 2.75) is 19.5 Å². The molecule has 0 aliphatic carbocycles. The summed E-state index contributed by atoms with van der Waals surface area (Å²) in [5.41, 5.74) is 3.37. The minimum Gasteiger partial charge on any atom is -0.318 e. The maximum absolute atomic E-state index is 13.4. The lowest BCUT2D eigenvalue weighted by atomic mass is 10.1. The van der Waals surface area contributed by atoms with E-state index in [2.05, 4.69) is 10.4 Å². The topological polar surface area (TPSA) is 71.6 Å². The van der Waals surface area contributed by atoms with Crippen LogP contribution < -0.4 is 10.9 Å². The Balaban J connectivity index is 1.45. The summed E-state index contributed by atoms with van der Waals surface area (Å²) in [6.45, 7) is 1.05. The summed E-state index contributed by atoms with van der Waals surface area (Å²) in [6.07, 6.45) is 2.06. The maximum atomic E-state index is 13.4. The van der Waals surface area contributed by atoms with Gasteiger partial charge >= 0.3 is 6.03 Å². The molecule has 0 fully saturated rings. The Hall–Kier alpha value is -3.65. The molecule has 32 heavy (non-hydrogen) atoms. The number of amides is 2. The molecule has 5 rings (SSSR count). The van der Waals surface area contributed by atoms with Crippen molar-refractivity contribution < 1.29 is 9.18 Å². The summed E-state index contributed by atoms with van der Waals surface area (Å²) >= 11 is 5.80. The van der Waals surface area contributed by atoms with Crippen molar-refractivity contribution in [3.05, 3.63) is 98.8 Å². The lowest BCUT2D eigenvalue weighted by Crippen LogP contribution is -2.43. The van der Waals surface area contributed by atoms with Gasteiger partial charge in [0.2, 0.25) is 0 Å². The highest BCUT2D eigenvalue weighted by molar-refractivity contribution is 6.31. The quantitative estimate of drug-likeness (QED) is 0.513. The van der Waals surface area contributed by atoms with Gasteiger partial charge in [0.15, 0.2) is 0 Å². The van der Waals surface area contributed by atoms with Crippen LogP contribution in [0.25, 0.3) is 5.65 Å². The van der Waals surface area contributed by atoms with Gasteiger partial charge in [0.1, 0.15) is 11.5 Å². The van der Waals surface area contributed by atoms with Gasteiger partial charge in [0.05, 0.1) is 30.0 Å². The second kappa shape index (κ2) is 8.12. The predicted octanol–water partition coefficient (Wildman–Crippen LogP) is 3.93. The van der Waals surface area contributed by atoms with E-state index >= 15 is 0 Å². The summed E-state index contributed by atoms with van der Waals surface area (Å²) in [7, 11) is 0. The summed E-state index contributed by atoms with van der Waals surface area (Å²) in [5, 5.41) is 7.08. The summed E-state index contributed by atoms with van der Waals surface area (Å²) < 4.78 is 16.8. The fraction of sp³-hybridized carbons (Fsp3) is 0.174. The molecule has 1 N–H and O–H groups in total. The number of fused-ring (bicyclic) bond motifs is 3. The van der Waals surface area contributed by atoms with E-state index in [1.165, 1.54) is 18.2 Å². The Labute approximate surface area is 187 Å². The van der Waals surface area contributed by atoms with E-state index in [0.717, 1.165) is 5.56 Å². The Morgan fingerprint density at radius 3 is 2.75 bits per heavy atom. The highest BCUT2D eigenvalue weighted by atomic mass is 35.5. The third-order valence-electron chi connectivity index (χ3n) is 5.62. The standard InChI is InChI=1S/C23H19ClFN5O2/c24-18-12-16(6-7-19(18)25)27-23(32)28-11-9-17-20(14-28)30-21(8-10-26-30)29(22(17)31)13-15-4-2-1-3-5-15/h1-8,10,12H,9,11,13-14H2,(H,27,32). The zero-order valence-electron chi connectivity index (χ0n) is 17.0. The molecule has 0 radical (unpaired) electrons. The van der Waals surface area contributed by atoms with E-state index < -0.39 is 5.82 Å². The fourth-order valence-electron chi connectivity index (χ4n) is 4.02. The van der Waals surface area contributed by atoms with E-state index in [1.807, 2.05) is 30.3 Å². The van der Waals surface area contributed by atoms with Crippen molar-refractivity contribution in [1.82, 2.24) is 19.1 Å². The number of urea groups is 1. The van der Waals surface area contributed by atoms with Gasteiger partial charge in [-0.2, -0.15) is 5.10 Å². The van der Waals surface area contributed by atoms with Crippen molar-refractivity contribution in [2.75, 3.05) is 11.9 Å². The first-order valence-corrected chi connectivity index (χ1v) is 10.5. The van der Waals surface area contributed by atoms with Crippen LogP contribution in [0.4, 0.5) is 14.9 Å². The van der Waals surface area contributed by atoms with Gasteiger partial charge in [-0.1, -0.05) is 41.9 Å². The summed E-state index contributed by atoms with van der Waals surface area (Å²) in [4.78, 5) is 27.7. The van der Waals surface area contributed by atoms with Gasteiger partial charge in [-0.25, -0.2) is 13.7 Å². The number of nitrogens with zero attached hydrogens (tertiary/aromatic N) is 4. The number of anilines is 1. The predicted molar refractivity (Wildman–Crippen MR) is 120 cm³/mol. The maximum Gasteiger partial charge on any atom is 0.322 e. The van der Waals surface area contributed by atoms with Crippen molar-refractivity contribution >= 4 is 29.0 Å². The third-order valence-corrected chi connectivity index (χ3v) is 5.91. The second-order valence-electron chi connectivity index (χ2n) is 7.63. The molecule has 1 aliphatic heterocycles. The average molecular weight is 452 g/mol. The lowest BCUT2D eigenvalue weighted by Gasteiger charge is -2.29. The number of benzene rings is 2. The van der Waals surface area contributed by atoms with E-state index in [1.54, 1.807) is 26.2 Å². The normalized spacial score (nSPS) is 13.2. The highest BCUT2D eigenvalue weighted by Gasteiger charge is 2.27. The van der Waals surface area contributed by atoms with Gasteiger partial charge in [-0.3, -0.25) is 9.36 Å². The summed E-state index contributed by atoms with van der Waals surface area (Å²) in [5.74, 6) is -0.551. The molecule has 0 saturated carbocycles. The molecule has 0 bridgehead atoms. The first kappa shape index (κ1) is 20.3. The molecule has 0 spiro atoms. The molecule has 162 valence electrons. The SMILES string of the molecule is O=C(Nc1ccc(F)c(Cl)c1)N1CCc2c(n3nccc3n(Cc3ccccc3)c2=O)C1. The van der Waals surface area contributed by atoms with Crippen LogP contribution in [0.15, 0.2) is 65.6 Å². The highest BCUT2D eigenvalue weighted by Crippen LogP contribution is 2.22. The zero-order valence-corrected chi connectivity index (χ0v) is 17.7. The average Bonchev–Trinajstić information content (AvgIpc) is 3.29. The van der Waals surface area contributed by atoms with Crippen LogP contribution in [0, 0.1) is 5.82 Å². The van der Waals surface area contributed by atoms with Crippen molar-refractivity contribution in [1.29, 1.82) is 0 Å². The monoisotopic (exact) mass is 451 g/mol. The van der Waals surface area contributed by atoms with Crippen LogP contribution in [0.5, 0.6) is 0 Å². The molecule has 3 heterocycles. The molecule has 2 aromatic carbocycles. The lowest BCUT2D eigenvalue weighted by molar-refractivity contribution is 0.204. The van der Waals surface area contributed by atoms with Crippen LogP contribution in [0.1, 0.15) is 16.8 Å². The Morgan fingerprint density at radius 1 is 1.16 bits per heavy atom. The number of carbonyl (C=O) groups excluding carboxylic acids is 1. The van der Waals surface area contributed by atoms with Crippen LogP contribution in [-0.4, -0.2) is 31.7 Å². The molecular weight excluding hydrogens is 433 g/mol. The number of hydrogen-bond acceptors (Lipinski definition) is 3. The van der Waals surface area contributed by atoms with Gasteiger partial charge in [-0.05, 0) is 30.2 Å². The van der Waals surface area contributed by atoms with Crippen molar-refractivity contribution in [3.8, 4) is 0 Å². The molecule has 4 aromatic rings. The molecule has 9 heteroatoms. The van der Waals surface area contributed by atoms with Crippen LogP contribution in [-0.2, 0) is 19.5 Å². The van der Waals surface area contributed by atoms with E-state index in [9.17, 15) is 14.0 Å². The number of rotatable bonds is 3.